The largest absolute Gasteiger partial charge is 0.507 e. The van der Waals surface area contributed by atoms with Crippen LogP contribution in [-0.2, 0) is 23.2 Å². The predicted octanol–water partition coefficient (Wildman–Crippen LogP) is 9.90. The smallest absolute Gasteiger partial charge is 0.128 e. The minimum Gasteiger partial charge on any atom is -0.507 e. The zero-order valence-electron chi connectivity index (χ0n) is 23.9. The van der Waals surface area contributed by atoms with Gasteiger partial charge in [0.15, 0.2) is 0 Å². The summed E-state index contributed by atoms with van der Waals surface area (Å²) in [5.41, 5.74) is 6.11. The third-order valence-corrected chi connectivity index (χ3v) is 9.64. The van der Waals surface area contributed by atoms with Gasteiger partial charge in [-0.1, -0.05) is 128 Å². The van der Waals surface area contributed by atoms with E-state index in [-0.39, 0.29) is 10.8 Å². The van der Waals surface area contributed by atoms with Gasteiger partial charge in [-0.2, -0.15) is 0 Å². The summed E-state index contributed by atoms with van der Waals surface area (Å²) >= 11 is 6.57. The molecule has 4 heteroatoms. The molecule has 1 N–H and O–H groups in total. The van der Waals surface area contributed by atoms with Gasteiger partial charge in [0.05, 0.1) is 5.69 Å². The van der Waals surface area contributed by atoms with Crippen LogP contribution in [0.5, 0.6) is 5.75 Å². The van der Waals surface area contributed by atoms with Gasteiger partial charge in [-0.25, -0.2) is 0 Å². The highest BCUT2D eigenvalue weighted by Gasteiger charge is 2.25. The molecule has 0 fully saturated rings. The number of halogens is 1. The Kier molecular flexibility index (Phi) is 9.00. The molecule has 0 saturated carbocycles. The maximum atomic E-state index is 11.3. The van der Waals surface area contributed by atoms with E-state index in [1.54, 1.807) is 0 Å². The summed E-state index contributed by atoms with van der Waals surface area (Å²) in [6.07, 6.45) is 3.70. The number of aliphatic imine (C=N–C) groups is 1. The zero-order valence-corrected chi connectivity index (χ0v) is 25.5. The zero-order chi connectivity index (χ0) is 28.2. The van der Waals surface area contributed by atoms with Crippen molar-refractivity contribution in [3.8, 4) is 5.75 Å². The number of phenolic OH excluding ortho intramolecular Hbond substituents is 1. The van der Waals surface area contributed by atoms with Crippen molar-refractivity contribution in [1.82, 2.24) is 0 Å². The van der Waals surface area contributed by atoms with E-state index in [9.17, 15) is 5.11 Å². The molecule has 0 saturated heterocycles. The van der Waals surface area contributed by atoms with Crippen LogP contribution in [0.1, 0.15) is 69.4 Å². The second-order valence-electron chi connectivity index (χ2n) is 12.2. The first-order chi connectivity index (χ1) is 18.4. The maximum absolute atomic E-state index is 11.3. The fraction of sp³-hybridized carbons (Fsp3) is 0.286. The van der Waals surface area contributed by atoms with Gasteiger partial charge in [-0.3, -0.25) is 4.99 Å². The van der Waals surface area contributed by atoms with Crippen LogP contribution >= 0.6 is 19.5 Å². The van der Waals surface area contributed by atoms with Gasteiger partial charge in [-0.05, 0) is 64.1 Å². The van der Waals surface area contributed by atoms with Crippen molar-refractivity contribution in [2.45, 2.75) is 64.7 Å². The van der Waals surface area contributed by atoms with Crippen molar-refractivity contribution in [1.29, 1.82) is 0 Å². The van der Waals surface area contributed by atoms with Crippen LogP contribution in [0, 0.1) is 0 Å². The highest BCUT2D eigenvalue weighted by Crippen LogP contribution is 2.46. The minimum atomic E-state index is -0.644. The lowest BCUT2D eigenvalue weighted by molar-refractivity contribution is 0.444. The second kappa shape index (κ2) is 12.1. The lowest BCUT2D eigenvalue weighted by Crippen LogP contribution is -2.17. The minimum absolute atomic E-state index is 0.0542. The van der Waals surface area contributed by atoms with E-state index in [4.69, 9.17) is 16.6 Å². The Labute approximate surface area is 240 Å². The Balaban J connectivity index is 1.80. The highest BCUT2D eigenvalue weighted by molar-refractivity contribution is 7.64. The van der Waals surface area contributed by atoms with E-state index in [1.165, 1.54) is 22.0 Å². The van der Waals surface area contributed by atoms with Crippen LogP contribution in [0.15, 0.2) is 96.0 Å². The van der Waals surface area contributed by atoms with Gasteiger partial charge in [0.1, 0.15) is 5.75 Å². The normalized spacial score (nSPS) is 12.4. The molecule has 0 amide bonds. The predicted molar refractivity (Wildman–Crippen MR) is 171 cm³/mol. The molecule has 0 spiro atoms. The third kappa shape index (κ3) is 7.59. The van der Waals surface area contributed by atoms with Gasteiger partial charge in [0.25, 0.3) is 0 Å². The molecule has 0 bridgehead atoms. The molecule has 0 heterocycles. The van der Waals surface area contributed by atoms with Crippen LogP contribution < -0.4 is 5.30 Å². The van der Waals surface area contributed by atoms with Gasteiger partial charge in [0.2, 0.25) is 0 Å². The van der Waals surface area contributed by atoms with Crippen LogP contribution in [0.4, 0.5) is 5.69 Å². The number of phenols is 1. The van der Waals surface area contributed by atoms with E-state index < -0.39 is 7.92 Å². The summed E-state index contributed by atoms with van der Waals surface area (Å²) in [7, 11) is -0.644. The lowest BCUT2D eigenvalue weighted by Gasteiger charge is -2.27. The number of benzene rings is 4. The Morgan fingerprint density at radius 1 is 0.744 bits per heavy atom. The SMILES string of the molecule is CC(C)(C)c1cc(/C=N/c2ccc(Cl)cc2P(Cc2ccccc2)Cc2ccccc2)c(O)c(C(C)(C)C)c1. The molecule has 202 valence electrons. The molecular weight excluding hydrogens is 517 g/mol. The van der Waals surface area contributed by atoms with Crippen LogP contribution in [0.3, 0.4) is 0 Å². The first kappa shape index (κ1) is 29.1. The van der Waals surface area contributed by atoms with Crippen LogP contribution in [0.25, 0.3) is 0 Å². The molecule has 0 aromatic heterocycles. The summed E-state index contributed by atoms with van der Waals surface area (Å²) in [6.45, 7) is 13.0. The summed E-state index contributed by atoms with van der Waals surface area (Å²) < 4.78 is 0. The molecule has 0 atom stereocenters. The molecular formula is C35H39ClNOP. The van der Waals surface area contributed by atoms with E-state index in [0.29, 0.717) is 10.8 Å². The molecule has 0 aliphatic heterocycles. The number of hydrogen-bond acceptors (Lipinski definition) is 2. The summed E-state index contributed by atoms with van der Waals surface area (Å²) in [5, 5.41) is 13.2. The molecule has 4 rings (SSSR count). The fourth-order valence-electron chi connectivity index (χ4n) is 4.59. The number of hydrogen-bond donors (Lipinski definition) is 1. The first-order valence-corrected chi connectivity index (χ1v) is 15.6. The van der Waals surface area contributed by atoms with Crippen molar-refractivity contribution in [2.75, 3.05) is 0 Å². The quantitative estimate of drug-likeness (QED) is 0.178. The average Bonchev–Trinajstić information content (AvgIpc) is 2.88. The lowest BCUT2D eigenvalue weighted by atomic mass is 9.79. The average molecular weight is 556 g/mol. The summed E-state index contributed by atoms with van der Waals surface area (Å²) in [6, 6.07) is 31.5. The highest BCUT2D eigenvalue weighted by atomic mass is 35.5. The second-order valence-corrected chi connectivity index (χ2v) is 14.8. The van der Waals surface area contributed by atoms with Gasteiger partial charge in [-0.15, -0.1) is 0 Å². The van der Waals surface area contributed by atoms with E-state index in [1.807, 2.05) is 18.3 Å². The number of nitrogens with zero attached hydrogens (tertiary/aromatic N) is 1. The van der Waals surface area contributed by atoms with Gasteiger partial charge >= 0.3 is 0 Å². The van der Waals surface area contributed by atoms with E-state index in [2.05, 4.69) is 120 Å². The molecule has 0 radical (unpaired) electrons. The summed E-state index contributed by atoms with van der Waals surface area (Å²) in [5.74, 6) is 0.297. The first-order valence-electron chi connectivity index (χ1n) is 13.5. The number of rotatable bonds is 7. The standard InChI is InChI=1S/C35H39ClNOP/c1-34(2,3)28-19-27(33(38)30(20-28)35(4,5)6)22-37-31-18-17-29(36)21-32(31)39(23-25-13-9-7-10-14-25)24-26-15-11-8-12-16-26/h7-22,38H,23-24H2,1-6H3/b37-22+. The Hall–Kier alpha value is -2.93. The van der Waals surface area contributed by atoms with E-state index in [0.717, 1.165) is 29.1 Å². The van der Waals surface area contributed by atoms with Crippen molar-refractivity contribution >= 4 is 36.7 Å². The van der Waals surface area contributed by atoms with Crippen molar-refractivity contribution < 1.29 is 5.11 Å². The van der Waals surface area contributed by atoms with Crippen molar-refractivity contribution in [3.63, 3.8) is 0 Å². The molecule has 0 aliphatic carbocycles. The molecule has 0 unspecified atom stereocenters. The number of aromatic hydroxyl groups is 1. The molecule has 39 heavy (non-hydrogen) atoms. The topological polar surface area (TPSA) is 32.6 Å². The fourth-order valence-corrected chi connectivity index (χ4v) is 7.37. The van der Waals surface area contributed by atoms with Crippen molar-refractivity contribution in [2.24, 2.45) is 4.99 Å². The Morgan fingerprint density at radius 3 is 1.82 bits per heavy atom. The third-order valence-electron chi connectivity index (χ3n) is 6.87. The van der Waals surface area contributed by atoms with E-state index >= 15 is 0 Å². The van der Waals surface area contributed by atoms with Gasteiger partial charge in [0, 0.05) is 27.7 Å². The maximum Gasteiger partial charge on any atom is 0.128 e. The van der Waals surface area contributed by atoms with Gasteiger partial charge < -0.3 is 5.11 Å². The summed E-state index contributed by atoms with van der Waals surface area (Å²) in [4.78, 5) is 5.00. The molecule has 2 nitrogen and oxygen atoms in total. The van der Waals surface area contributed by atoms with Crippen LogP contribution in [0.2, 0.25) is 5.02 Å². The monoisotopic (exact) mass is 555 g/mol. The molecule has 4 aromatic rings. The Morgan fingerprint density at radius 2 is 1.31 bits per heavy atom. The van der Waals surface area contributed by atoms with Crippen LogP contribution in [-0.4, -0.2) is 11.3 Å². The van der Waals surface area contributed by atoms with Crippen molar-refractivity contribution in [3.05, 3.63) is 124 Å². The molecule has 0 aliphatic rings. The Bertz CT molecular complexity index is 1390. The molecule has 4 aromatic carbocycles.